The maximum Gasteiger partial charge on any atom is 0.243 e. The molecule has 8 heavy (non-hydrogen) atoms. The number of carbonyl (C=O) groups is 1. The van der Waals surface area contributed by atoms with Gasteiger partial charge >= 0.3 is 0 Å². The first-order valence-electron chi connectivity index (χ1n) is 2.56. The van der Waals surface area contributed by atoms with Crippen LogP contribution in [-0.2, 0) is 4.79 Å². The molecule has 0 aromatic rings. The molecule has 0 aliphatic carbocycles. The van der Waals surface area contributed by atoms with Crippen molar-refractivity contribution < 1.29 is 4.79 Å². The quantitative estimate of drug-likeness (QED) is 0.539. The van der Waals surface area contributed by atoms with Gasteiger partial charge in [-0.3, -0.25) is 4.79 Å². The number of rotatable bonds is 3. The predicted octanol–water partition coefficient (Wildman–Crippen LogP) is 0.860. The summed E-state index contributed by atoms with van der Waals surface area (Å²) in [5.74, 6) is -0.146. The van der Waals surface area contributed by atoms with E-state index in [4.69, 9.17) is 0 Å². The highest BCUT2D eigenvalue weighted by Crippen LogP contribution is 1.76. The zero-order valence-corrected chi connectivity index (χ0v) is 4.98. The van der Waals surface area contributed by atoms with Gasteiger partial charge in [-0.05, 0) is 12.5 Å². The molecule has 0 aromatic heterocycles. The number of amides is 1. The minimum atomic E-state index is -0.146. The Balaban J connectivity index is 3.11. The molecule has 0 atom stereocenters. The Morgan fingerprint density at radius 3 is 2.88 bits per heavy atom. The van der Waals surface area contributed by atoms with Crippen molar-refractivity contribution >= 4 is 5.91 Å². The lowest BCUT2D eigenvalue weighted by Gasteiger charge is -1.93. The van der Waals surface area contributed by atoms with Crippen LogP contribution in [-0.4, -0.2) is 5.91 Å². The summed E-state index contributed by atoms with van der Waals surface area (Å²) < 4.78 is 0. The topological polar surface area (TPSA) is 29.1 Å². The average molecular weight is 112 g/mol. The smallest absolute Gasteiger partial charge is 0.243 e. The summed E-state index contributed by atoms with van der Waals surface area (Å²) in [5.41, 5.74) is 0. The van der Waals surface area contributed by atoms with Crippen molar-refractivity contribution in [3.05, 3.63) is 19.2 Å². The van der Waals surface area contributed by atoms with Crippen LogP contribution < -0.4 is 5.32 Å². The highest BCUT2D eigenvalue weighted by molar-refractivity contribution is 5.87. The van der Waals surface area contributed by atoms with Crippen LogP contribution in [0, 0.1) is 6.54 Å². The van der Waals surface area contributed by atoms with Crippen molar-refractivity contribution in [2.24, 2.45) is 0 Å². The zero-order valence-electron chi connectivity index (χ0n) is 4.98. The second-order valence-corrected chi connectivity index (χ2v) is 1.33. The molecule has 0 aliphatic rings. The van der Waals surface area contributed by atoms with Crippen LogP contribution in [0.3, 0.4) is 0 Å². The number of hydrogen-bond acceptors (Lipinski definition) is 1. The molecular formula is C6H10NO. The van der Waals surface area contributed by atoms with Crippen LogP contribution in [0.25, 0.3) is 0 Å². The Bertz CT molecular complexity index is 88.5. The van der Waals surface area contributed by atoms with E-state index in [9.17, 15) is 4.79 Å². The summed E-state index contributed by atoms with van der Waals surface area (Å²) in [4.78, 5) is 10.3. The van der Waals surface area contributed by atoms with Gasteiger partial charge < -0.3 is 5.32 Å². The second-order valence-electron chi connectivity index (χ2n) is 1.33. The minimum Gasteiger partial charge on any atom is -0.348 e. The summed E-state index contributed by atoms with van der Waals surface area (Å²) in [5, 5.41) is 2.50. The van der Waals surface area contributed by atoms with Crippen molar-refractivity contribution in [1.29, 1.82) is 0 Å². The number of hydrogen-bond donors (Lipinski definition) is 1. The molecule has 0 bridgehead atoms. The van der Waals surface area contributed by atoms with Crippen molar-refractivity contribution in [2.75, 3.05) is 0 Å². The van der Waals surface area contributed by atoms with Gasteiger partial charge in [0.15, 0.2) is 0 Å². The van der Waals surface area contributed by atoms with E-state index in [1.165, 1.54) is 6.08 Å². The highest BCUT2D eigenvalue weighted by atomic mass is 16.1. The summed E-state index contributed by atoms with van der Waals surface area (Å²) in [6.07, 6.45) is 2.09. The van der Waals surface area contributed by atoms with Gasteiger partial charge in [-0.25, -0.2) is 0 Å². The fourth-order valence-electron chi connectivity index (χ4n) is 0.262. The summed E-state index contributed by atoms with van der Waals surface area (Å²) >= 11 is 0. The molecule has 0 fully saturated rings. The third-order valence-electron chi connectivity index (χ3n) is 0.634. The third kappa shape index (κ3) is 3.40. The van der Waals surface area contributed by atoms with Crippen molar-refractivity contribution in [3.8, 4) is 0 Å². The maximum absolute atomic E-state index is 10.3. The Hall–Kier alpha value is -0.790. The molecule has 0 spiro atoms. The van der Waals surface area contributed by atoms with E-state index < -0.39 is 0 Å². The van der Waals surface area contributed by atoms with Crippen molar-refractivity contribution in [3.63, 3.8) is 0 Å². The summed E-state index contributed by atoms with van der Waals surface area (Å²) in [6.45, 7) is 6.91. The Kier molecular flexibility index (Phi) is 3.94. The van der Waals surface area contributed by atoms with Gasteiger partial charge in [0.25, 0.3) is 0 Å². The van der Waals surface area contributed by atoms with Crippen LogP contribution in [0.15, 0.2) is 12.7 Å². The van der Waals surface area contributed by atoms with E-state index in [1.807, 2.05) is 6.92 Å². The average Bonchev–Trinajstić information content (AvgIpc) is 1.83. The predicted molar refractivity (Wildman–Crippen MR) is 32.9 cm³/mol. The molecule has 1 radical (unpaired) electrons. The lowest BCUT2D eigenvalue weighted by atomic mass is 10.4. The van der Waals surface area contributed by atoms with Gasteiger partial charge in [-0.15, -0.1) is 0 Å². The van der Waals surface area contributed by atoms with Crippen LogP contribution in [0.1, 0.15) is 13.3 Å². The Morgan fingerprint density at radius 2 is 2.50 bits per heavy atom. The molecule has 45 valence electrons. The first-order valence-corrected chi connectivity index (χ1v) is 2.56. The normalized spacial score (nSPS) is 8.12. The van der Waals surface area contributed by atoms with Crippen LogP contribution >= 0.6 is 0 Å². The number of nitrogens with one attached hydrogen (secondary N) is 1. The first-order chi connectivity index (χ1) is 3.81. The molecule has 0 aliphatic heterocycles. The molecule has 2 heteroatoms. The van der Waals surface area contributed by atoms with Gasteiger partial charge in [0.1, 0.15) is 0 Å². The van der Waals surface area contributed by atoms with E-state index in [0.29, 0.717) is 0 Å². The fourth-order valence-corrected chi connectivity index (χ4v) is 0.262. The fraction of sp³-hybridized carbons (Fsp3) is 0.333. The maximum atomic E-state index is 10.3. The van der Waals surface area contributed by atoms with Gasteiger partial charge in [0.05, 0.1) is 0 Å². The number of carbonyl (C=O) groups excluding carboxylic acids is 1. The summed E-state index contributed by atoms with van der Waals surface area (Å²) in [7, 11) is 0. The molecule has 0 heterocycles. The minimum absolute atomic E-state index is 0.146. The van der Waals surface area contributed by atoms with Gasteiger partial charge in [-0.2, -0.15) is 0 Å². The monoisotopic (exact) mass is 112 g/mol. The SMILES string of the molecule is C=CC(=O)N[CH]CC. The van der Waals surface area contributed by atoms with Gasteiger partial charge in [0, 0.05) is 6.54 Å². The molecule has 0 unspecified atom stereocenters. The van der Waals surface area contributed by atoms with E-state index in [0.717, 1.165) is 6.42 Å². The Morgan fingerprint density at radius 1 is 1.88 bits per heavy atom. The lowest BCUT2D eigenvalue weighted by molar-refractivity contribution is -0.115. The van der Waals surface area contributed by atoms with E-state index in [-0.39, 0.29) is 5.91 Å². The van der Waals surface area contributed by atoms with Crippen molar-refractivity contribution in [2.45, 2.75) is 13.3 Å². The molecule has 2 nitrogen and oxygen atoms in total. The van der Waals surface area contributed by atoms with Crippen LogP contribution in [0.2, 0.25) is 0 Å². The molecule has 1 N–H and O–H groups in total. The van der Waals surface area contributed by atoms with Crippen molar-refractivity contribution in [1.82, 2.24) is 5.32 Å². The molecule has 1 amide bonds. The zero-order chi connectivity index (χ0) is 6.41. The highest BCUT2D eigenvalue weighted by Gasteiger charge is 1.87. The first kappa shape index (κ1) is 7.21. The standard InChI is InChI=1S/C6H10NO/c1-3-5-7-6(8)4-2/h4-5H,2-3H2,1H3,(H,7,8). The second kappa shape index (κ2) is 4.37. The van der Waals surface area contributed by atoms with Crippen LogP contribution in [0.5, 0.6) is 0 Å². The molecule has 0 rings (SSSR count). The largest absolute Gasteiger partial charge is 0.348 e. The molecule has 0 saturated heterocycles. The molecule has 0 aromatic carbocycles. The molecule has 0 saturated carbocycles. The lowest BCUT2D eigenvalue weighted by Crippen LogP contribution is -2.16. The third-order valence-corrected chi connectivity index (χ3v) is 0.634. The van der Waals surface area contributed by atoms with Gasteiger partial charge in [0.2, 0.25) is 5.91 Å². The molecular weight excluding hydrogens is 102 g/mol. The van der Waals surface area contributed by atoms with E-state index >= 15 is 0 Å². The van der Waals surface area contributed by atoms with E-state index in [2.05, 4.69) is 11.9 Å². The summed E-state index contributed by atoms with van der Waals surface area (Å²) in [6, 6.07) is 0. The van der Waals surface area contributed by atoms with Crippen LogP contribution in [0.4, 0.5) is 0 Å². The van der Waals surface area contributed by atoms with E-state index in [1.54, 1.807) is 6.54 Å². The Labute approximate surface area is 49.6 Å². The van der Waals surface area contributed by atoms with Gasteiger partial charge in [-0.1, -0.05) is 13.5 Å².